The second-order valence-corrected chi connectivity index (χ2v) is 11.6. The van der Waals surface area contributed by atoms with Crippen LogP contribution in [0.15, 0.2) is 81.7 Å². The van der Waals surface area contributed by atoms with Crippen LogP contribution in [0.25, 0.3) is 0 Å². The lowest BCUT2D eigenvalue weighted by atomic mass is 9.73. The lowest BCUT2D eigenvalue weighted by Crippen LogP contribution is -2.39. The molecule has 0 saturated carbocycles. The second-order valence-electron chi connectivity index (χ2n) is 9.82. The molecule has 1 aliphatic carbocycles. The lowest BCUT2D eigenvalue weighted by Gasteiger charge is -2.40. The molecule has 0 radical (unpaired) electrons. The normalized spacial score (nSPS) is 17.3. The van der Waals surface area contributed by atoms with Gasteiger partial charge in [0.15, 0.2) is 5.78 Å². The third-order valence-corrected chi connectivity index (χ3v) is 8.20. The van der Waals surface area contributed by atoms with Crippen molar-refractivity contribution in [3.63, 3.8) is 0 Å². The van der Waals surface area contributed by atoms with Gasteiger partial charge in [-0.05, 0) is 85.8 Å². The highest BCUT2D eigenvalue weighted by molar-refractivity contribution is 9.10. The summed E-state index contributed by atoms with van der Waals surface area (Å²) in [6.07, 6.45) is 1.76. The van der Waals surface area contributed by atoms with E-state index in [9.17, 15) is 10.1 Å². The molecule has 1 aliphatic heterocycles. The molecule has 1 unspecified atom stereocenters. The van der Waals surface area contributed by atoms with Gasteiger partial charge in [0.1, 0.15) is 18.2 Å². The van der Waals surface area contributed by atoms with Crippen molar-refractivity contribution in [1.29, 1.82) is 5.26 Å². The molecule has 1 atom stereocenters. The Morgan fingerprint density at radius 3 is 2.44 bits per heavy atom. The molecule has 0 spiro atoms. The Labute approximate surface area is 246 Å². The minimum Gasteiger partial charge on any atom is -0.489 e. The minimum absolute atomic E-state index is 0.0215. The molecule has 2 N–H and O–H groups in total. The van der Waals surface area contributed by atoms with E-state index in [0.29, 0.717) is 52.7 Å². The summed E-state index contributed by atoms with van der Waals surface area (Å²) in [6, 6.07) is 19.3. The number of rotatable bonds is 5. The molecule has 39 heavy (non-hydrogen) atoms. The summed E-state index contributed by atoms with van der Waals surface area (Å²) < 4.78 is 7.07. The topological polar surface area (TPSA) is 79.3 Å². The molecular weight excluding hydrogens is 597 g/mol. The van der Waals surface area contributed by atoms with Crippen molar-refractivity contribution in [3.8, 4) is 11.8 Å². The number of carbonyl (C=O) groups excluding carboxylic acids is 1. The Kier molecular flexibility index (Phi) is 7.77. The van der Waals surface area contributed by atoms with Crippen LogP contribution in [-0.2, 0) is 11.4 Å². The summed E-state index contributed by atoms with van der Waals surface area (Å²) in [5.74, 6) is 0.481. The molecule has 8 heteroatoms. The highest BCUT2D eigenvalue weighted by Crippen LogP contribution is 2.48. The Morgan fingerprint density at radius 2 is 1.77 bits per heavy atom. The van der Waals surface area contributed by atoms with Gasteiger partial charge in [-0.2, -0.15) is 5.26 Å². The number of Topliss-reactive ketones (excluding diaryl/α,β-unsaturated/α-hetero) is 1. The third-order valence-electron chi connectivity index (χ3n) is 7.24. The van der Waals surface area contributed by atoms with Crippen LogP contribution in [0.4, 0.5) is 5.69 Å². The van der Waals surface area contributed by atoms with Crippen molar-refractivity contribution in [1.82, 2.24) is 0 Å². The zero-order valence-corrected chi connectivity index (χ0v) is 24.6. The van der Waals surface area contributed by atoms with Crippen molar-refractivity contribution in [3.05, 3.63) is 114 Å². The summed E-state index contributed by atoms with van der Waals surface area (Å²) in [4.78, 5) is 15.4. The van der Waals surface area contributed by atoms with Gasteiger partial charge in [-0.1, -0.05) is 56.8 Å². The van der Waals surface area contributed by atoms with E-state index in [2.05, 4.69) is 28.1 Å². The van der Waals surface area contributed by atoms with Crippen LogP contribution >= 0.6 is 39.1 Å². The van der Waals surface area contributed by atoms with Crippen molar-refractivity contribution >= 4 is 50.6 Å². The Hall–Kier alpha value is -3.24. The highest BCUT2D eigenvalue weighted by atomic mass is 79.9. The third kappa shape index (κ3) is 5.32. The van der Waals surface area contributed by atoms with Gasteiger partial charge in [-0.25, -0.2) is 0 Å². The van der Waals surface area contributed by atoms with Crippen molar-refractivity contribution < 1.29 is 9.53 Å². The summed E-state index contributed by atoms with van der Waals surface area (Å²) in [6.45, 7) is 4.37. The van der Waals surface area contributed by atoms with Crippen LogP contribution in [0, 0.1) is 25.2 Å². The summed E-state index contributed by atoms with van der Waals surface area (Å²) >= 11 is 16.1. The monoisotopic (exact) mass is 621 g/mol. The van der Waals surface area contributed by atoms with E-state index in [1.807, 2.05) is 44.2 Å². The van der Waals surface area contributed by atoms with Crippen molar-refractivity contribution in [2.75, 3.05) is 4.90 Å². The molecule has 2 aliphatic rings. The number of carbonyl (C=O) groups is 1. The number of benzene rings is 3. The first-order chi connectivity index (χ1) is 18.7. The minimum atomic E-state index is -0.574. The standard InChI is InChI=1S/C31H26BrCl2N3O2/c1-17-10-19(16-39-24-8-6-20(32)7-9-24)18(2)25(11-17)29-26(15-35)31(36)37(23-13-21(33)12-22(34)14-23)27-4-3-5-28(38)30(27)29/h6-14,29H,3-5,16,36H2,1-2H3. The van der Waals surface area contributed by atoms with Gasteiger partial charge < -0.3 is 10.5 Å². The maximum Gasteiger partial charge on any atom is 0.161 e. The van der Waals surface area contributed by atoms with E-state index in [1.165, 1.54) is 0 Å². The zero-order valence-electron chi connectivity index (χ0n) is 21.5. The fourth-order valence-electron chi connectivity index (χ4n) is 5.47. The molecule has 0 amide bonds. The van der Waals surface area contributed by atoms with E-state index in [0.717, 1.165) is 38.2 Å². The largest absolute Gasteiger partial charge is 0.489 e. The fourth-order valence-corrected chi connectivity index (χ4v) is 6.24. The average Bonchev–Trinajstić information content (AvgIpc) is 2.89. The number of nitrogens with two attached hydrogens (primary N) is 1. The Bertz CT molecular complexity index is 1570. The number of halogens is 3. The summed E-state index contributed by atoms with van der Waals surface area (Å²) in [5, 5.41) is 11.3. The first-order valence-electron chi connectivity index (χ1n) is 12.6. The van der Waals surface area contributed by atoms with E-state index >= 15 is 0 Å². The van der Waals surface area contributed by atoms with Crippen LogP contribution in [0.2, 0.25) is 10.0 Å². The smallest absolute Gasteiger partial charge is 0.161 e. The number of anilines is 1. The summed E-state index contributed by atoms with van der Waals surface area (Å²) in [5.41, 5.74) is 12.9. The molecule has 0 bridgehead atoms. The number of nitrogens with zero attached hydrogens (tertiary/aromatic N) is 2. The molecular formula is C31H26BrCl2N3O2. The van der Waals surface area contributed by atoms with Crippen molar-refractivity contribution in [2.24, 2.45) is 5.73 Å². The van der Waals surface area contributed by atoms with E-state index in [4.69, 9.17) is 33.7 Å². The number of ether oxygens (including phenoxy) is 1. The quantitative estimate of drug-likeness (QED) is 0.310. The first-order valence-corrected chi connectivity index (χ1v) is 14.1. The maximum atomic E-state index is 13.6. The predicted molar refractivity (Wildman–Crippen MR) is 159 cm³/mol. The highest BCUT2D eigenvalue weighted by Gasteiger charge is 2.41. The van der Waals surface area contributed by atoms with E-state index in [-0.39, 0.29) is 11.6 Å². The van der Waals surface area contributed by atoms with Gasteiger partial charge in [-0.15, -0.1) is 0 Å². The van der Waals surface area contributed by atoms with Gasteiger partial charge >= 0.3 is 0 Å². The number of hydrogen-bond donors (Lipinski definition) is 1. The van der Waals surface area contributed by atoms with E-state index < -0.39 is 5.92 Å². The van der Waals surface area contributed by atoms with Crippen LogP contribution in [0.3, 0.4) is 0 Å². The fraction of sp³-hybridized carbons (Fsp3) is 0.226. The average molecular weight is 623 g/mol. The van der Waals surface area contributed by atoms with E-state index in [1.54, 1.807) is 23.1 Å². The lowest BCUT2D eigenvalue weighted by molar-refractivity contribution is -0.116. The molecule has 5 nitrogen and oxygen atoms in total. The van der Waals surface area contributed by atoms with Crippen LogP contribution in [0.5, 0.6) is 5.75 Å². The molecule has 198 valence electrons. The van der Waals surface area contributed by atoms with Crippen LogP contribution in [-0.4, -0.2) is 5.78 Å². The molecule has 0 fully saturated rings. The Morgan fingerprint density at radius 1 is 1.08 bits per heavy atom. The van der Waals surface area contributed by atoms with Crippen molar-refractivity contribution in [2.45, 2.75) is 45.6 Å². The summed E-state index contributed by atoms with van der Waals surface area (Å²) in [7, 11) is 0. The molecule has 3 aromatic carbocycles. The molecule has 3 aromatic rings. The van der Waals surface area contributed by atoms with Gasteiger partial charge in [0.2, 0.25) is 0 Å². The number of nitriles is 1. The van der Waals surface area contributed by atoms with Gasteiger partial charge in [0.05, 0.1) is 23.2 Å². The number of hydrogen-bond acceptors (Lipinski definition) is 5. The predicted octanol–water partition coefficient (Wildman–Crippen LogP) is 8.26. The zero-order chi connectivity index (χ0) is 27.8. The van der Waals surface area contributed by atoms with Gasteiger partial charge in [0, 0.05) is 32.2 Å². The van der Waals surface area contributed by atoms with Gasteiger partial charge in [0.25, 0.3) is 0 Å². The molecule has 0 aromatic heterocycles. The SMILES string of the molecule is Cc1cc(COc2ccc(Br)cc2)c(C)c(C2C(C#N)=C(N)N(c3cc(Cl)cc(Cl)c3)C3=C2C(=O)CCC3)c1. The molecule has 1 heterocycles. The Balaban J connectivity index is 1.64. The molecule has 5 rings (SSSR count). The number of aryl methyl sites for hydroxylation is 1. The van der Waals surface area contributed by atoms with Gasteiger partial charge in [-0.3, -0.25) is 9.69 Å². The number of allylic oxidation sites excluding steroid dienone is 3. The first kappa shape index (κ1) is 27.3. The number of ketones is 1. The molecule has 0 saturated heterocycles. The maximum absolute atomic E-state index is 13.6. The van der Waals surface area contributed by atoms with Crippen LogP contribution < -0.4 is 15.4 Å². The second kappa shape index (κ2) is 11.1. The van der Waals surface area contributed by atoms with Crippen LogP contribution in [0.1, 0.15) is 47.4 Å².